The molecule has 6 heteroatoms. The van der Waals surface area contributed by atoms with Gasteiger partial charge in [-0.1, -0.05) is 18.2 Å². The summed E-state index contributed by atoms with van der Waals surface area (Å²) in [5, 5.41) is 3.92. The van der Waals surface area contributed by atoms with Crippen LogP contribution in [0.15, 0.2) is 42.6 Å². The van der Waals surface area contributed by atoms with E-state index in [0.717, 1.165) is 42.7 Å². The molecule has 2 aromatic heterocycles. The van der Waals surface area contributed by atoms with Crippen LogP contribution in [0.1, 0.15) is 29.2 Å². The summed E-state index contributed by atoms with van der Waals surface area (Å²) < 4.78 is 0. The molecular weight excluding hydrogens is 314 g/mol. The minimum Gasteiger partial charge on any atom is -0.356 e. The number of aromatic nitrogens is 3. The third-order valence-electron chi connectivity index (χ3n) is 4.37. The highest BCUT2D eigenvalue weighted by atomic mass is 16.1. The zero-order chi connectivity index (χ0) is 17.2. The van der Waals surface area contributed by atoms with Gasteiger partial charge in [-0.05, 0) is 31.9 Å². The first kappa shape index (κ1) is 15.5. The lowest BCUT2D eigenvalue weighted by atomic mass is 10.2. The van der Waals surface area contributed by atoms with Crippen molar-refractivity contribution in [3.8, 4) is 0 Å². The number of nitrogens with one attached hydrogen (secondary N) is 1. The molecule has 3 heterocycles. The molecule has 1 aliphatic rings. The van der Waals surface area contributed by atoms with E-state index in [0.29, 0.717) is 17.2 Å². The standard InChI is InChI=1S/C19H19N5O/c1-13-21-16(12-17(22-13)24-10-2-3-11-24)19(25)23-15-8-4-6-14-7-5-9-20-18(14)15/h4-9,12H,2-3,10-11H2,1H3,(H,23,25). The van der Waals surface area contributed by atoms with Gasteiger partial charge in [0.15, 0.2) is 0 Å². The summed E-state index contributed by atoms with van der Waals surface area (Å²) in [7, 11) is 0. The molecule has 0 radical (unpaired) electrons. The maximum absolute atomic E-state index is 12.7. The summed E-state index contributed by atoms with van der Waals surface area (Å²) >= 11 is 0. The fraction of sp³-hybridized carbons (Fsp3) is 0.263. The van der Waals surface area contributed by atoms with Crippen LogP contribution in [0, 0.1) is 6.92 Å². The lowest BCUT2D eigenvalue weighted by Crippen LogP contribution is -2.22. The van der Waals surface area contributed by atoms with Crippen LogP contribution in [0.2, 0.25) is 0 Å². The van der Waals surface area contributed by atoms with Gasteiger partial charge in [0.1, 0.15) is 17.3 Å². The molecule has 4 rings (SSSR count). The minimum absolute atomic E-state index is 0.246. The predicted molar refractivity (Wildman–Crippen MR) is 97.9 cm³/mol. The Morgan fingerprint density at radius 1 is 1.12 bits per heavy atom. The third kappa shape index (κ3) is 3.15. The van der Waals surface area contributed by atoms with Crippen LogP contribution in [0.4, 0.5) is 11.5 Å². The van der Waals surface area contributed by atoms with E-state index in [1.165, 1.54) is 0 Å². The summed E-state index contributed by atoms with van der Waals surface area (Å²) in [6, 6.07) is 11.3. The van der Waals surface area contributed by atoms with Gasteiger partial charge < -0.3 is 10.2 Å². The topological polar surface area (TPSA) is 71.0 Å². The molecule has 25 heavy (non-hydrogen) atoms. The van der Waals surface area contributed by atoms with Gasteiger partial charge in [0.25, 0.3) is 5.91 Å². The second kappa shape index (κ2) is 6.47. The van der Waals surface area contributed by atoms with Gasteiger partial charge in [-0.25, -0.2) is 9.97 Å². The second-order valence-corrected chi connectivity index (χ2v) is 6.19. The molecule has 6 nitrogen and oxygen atoms in total. The van der Waals surface area contributed by atoms with E-state index in [1.54, 1.807) is 12.3 Å². The molecule has 0 saturated carbocycles. The van der Waals surface area contributed by atoms with Crippen LogP contribution in [-0.4, -0.2) is 33.9 Å². The zero-order valence-corrected chi connectivity index (χ0v) is 14.1. The number of benzene rings is 1. The highest BCUT2D eigenvalue weighted by Crippen LogP contribution is 2.22. The predicted octanol–water partition coefficient (Wildman–Crippen LogP) is 3.19. The van der Waals surface area contributed by atoms with Crippen molar-refractivity contribution in [1.82, 2.24) is 15.0 Å². The van der Waals surface area contributed by atoms with Crippen LogP contribution in [0.3, 0.4) is 0 Å². The number of pyridine rings is 1. The van der Waals surface area contributed by atoms with Gasteiger partial charge >= 0.3 is 0 Å². The second-order valence-electron chi connectivity index (χ2n) is 6.19. The molecule has 0 atom stereocenters. The van der Waals surface area contributed by atoms with Gasteiger partial charge in [0.2, 0.25) is 0 Å². The van der Waals surface area contributed by atoms with E-state index >= 15 is 0 Å². The van der Waals surface area contributed by atoms with Crippen LogP contribution in [0.25, 0.3) is 10.9 Å². The fourth-order valence-electron chi connectivity index (χ4n) is 3.17. The van der Waals surface area contributed by atoms with Crippen molar-refractivity contribution >= 4 is 28.3 Å². The Kier molecular flexibility index (Phi) is 4.01. The summed E-state index contributed by atoms with van der Waals surface area (Å²) in [5.74, 6) is 1.18. The van der Waals surface area contributed by atoms with Crippen molar-refractivity contribution in [3.05, 3.63) is 54.1 Å². The molecule has 0 bridgehead atoms. The first-order chi connectivity index (χ1) is 12.2. The largest absolute Gasteiger partial charge is 0.356 e. The Morgan fingerprint density at radius 3 is 2.76 bits per heavy atom. The molecule has 126 valence electrons. The number of nitrogens with zero attached hydrogens (tertiary/aromatic N) is 4. The van der Waals surface area contributed by atoms with Crippen molar-refractivity contribution in [1.29, 1.82) is 0 Å². The van der Waals surface area contributed by atoms with Crippen LogP contribution in [-0.2, 0) is 0 Å². The summed E-state index contributed by atoms with van der Waals surface area (Å²) in [5.41, 5.74) is 1.83. The highest BCUT2D eigenvalue weighted by molar-refractivity contribution is 6.07. The molecule has 1 N–H and O–H groups in total. The molecule has 0 aliphatic carbocycles. The van der Waals surface area contributed by atoms with E-state index in [4.69, 9.17) is 0 Å². The van der Waals surface area contributed by atoms with E-state index in [9.17, 15) is 4.79 Å². The lowest BCUT2D eigenvalue weighted by Gasteiger charge is -2.17. The third-order valence-corrected chi connectivity index (χ3v) is 4.37. The Bertz CT molecular complexity index is 929. The van der Waals surface area contributed by atoms with Crippen molar-refractivity contribution < 1.29 is 4.79 Å². The van der Waals surface area contributed by atoms with Crippen LogP contribution < -0.4 is 10.2 Å². The normalized spacial score (nSPS) is 14.0. The molecule has 0 spiro atoms. The Labute approximate surface area is 145 Å². The number of fused-ring (bicyclic) bond motifs is 1. The summed E-state index contributed by atoms with van der Waals surface area (Å²) in [6.07, 6.45) is 4.04. The summed E-state index contributed by atoms with van der Waals surface area (Å²) in [6.45, 7) is 3.77. The van der Waals surface area contributed by atoms with E-state index in [1.807, 2.05) is 37.3 Å². The number of carbonyl (C=O) groups is 1. The van der Waals surface area contributed by atoms with Gasteiger partial charge in [0, 0.05) is 30.7 Å². The average molecular weight is 333 g/mol. The molecule has 0 unspecified atom stereocenters. The van der Waals surface area contributed by atoms with Crippen molar-refractivity contribution in [2.75, 3.05) is 23.3 Å². The van der Waals surface area contributed by atoms with Crippen LogP contribution >= 0.6 is 0 Å². The maximum Gasteiger partial charge on any atom is 0.274 e. The smallest absolute Gasteiger partial charge is 0.274 e. The zero-order valence-electron chi connectivity index (χ0n) is 14.1. The van der Waals surface area contributed by atoms with Crippen molar-refractivity contribution in [2.45, 2.75) is 19.8 Å². The number of rotatable bonds is 3. The average Bonchev–Trinajstić information content (AvgIpc) is 3.16. The molecule has 1 amide bonds. The molecular formula is C19H19N5O. The highest BCUT2D eigenvalue weighted by Gasteiger charge is 2.18. The number of hydrogen-bond acceptors (Lipinski definition) is 5. The Balaban J connectivity index is 1.64. The number of anilines is 2. The first-order valence-electron chi connectivity index (χ1n) is 8.46. The maximum atomic E-state index is 12.7. The number of aryl methyl sites for hydroxylation is 1. The van der Waals surface area contributed by atoms with Gasteiger partial charge in [-0.2, -0.15) is 0 Å². The SMILES string of the molecule is Cc1nc(C(=O)Nc2cccc3cccnc23)cc(N2CCCC2)n1. The molecule has 1 aliphatic heterocycles. The number of para-hydroxylation sites is 1. The number of carbonyl (C=O) groups excluding carboxylic acids is 1. The molecule has 3 aromatic rings. The van der Waals surface area contributed by atoms with Gasteiger partial charge in [0.05, 0.1) is 11.2 Å². The van der Waals surface area contributed by atoms with E-state index in [2.05, 4.69) is 25.2 Å². The molecule has 1 saturated heterocycles. The summed E-state index contributed by atoms with van der Waals surface area (Å²) in [4.78, 5) is 28.1. The Morgan fingerprint density at radius 2 is 1.92 bits per heavy atom. The Hall–Kier alpha value is -3.02. The van der Waals surface area contributed by atoms with Gasteiger partial charge in [-0.15, -0.1) is 0 Å². The fourth-order valence-corrected chi connectivity index (χ4v) is 3.17. The van der Waals surface area contributed by atoms with Crippen LogP contribution in [0.5, 0.6) is 0 Å². The van der Waals surface area contributed by atoms with Crippen molar-refractivity contribution in [2.24, 2.45) is 0 Å². The molecule has 1 aromatic carbocycles. The molecule has 1 fully saturated rings. The minimum atomic E-state index is -0.246. The first-order valence-corrected chi connectivity index (χ1v) is 8.46. The lowest BCUT2D eigenvalue weighted by molar-refractivity contribution is 0.102. The van der Waals surface area contributed by atoms with Crippen molar-refractivity contribution in [3.63, 3.8) is 0 Å². The number of amides is 1. The van der Waals surface area contributed by atoms with E-state index < -0.39 is 0 Å². The quantitative estimate of drug-likeness (QED) is 0.797. The van der Waals surface area contributed by atoms with E-state index in [-0.39, 0.29) is 5.91 Å². The van der Waals surface area contributed by atoms with Gasteiger partial charge in [-0.3, -0.25) is 9.78 Å². The number of hydrogen-bond donors (Lipinski definition) is 1. The monoisotopic (exact) mass is 333 g/mol.